The van der Waals surface area contributed by atoms with Crippen LogP contribution in [0.2, 0.25) is 0 Å². The zero-order valence-electron chi connectivity index (χ0n) is 43.8. The van der Waals surface area contributed by atoms with Gasteiger partial charge < -0.3 is 14.6 Å². The molecule has 0 radical (unpaired) electrons. The van der Waals surface area contributed by atoms with Crippen LogP contribution in [0, 0.1) is 0 Å². The summed E-state index contributed by atoms with van der Waals surface area (Å²) in [5.41, 5.74) is 0. The maximum absolute atomic E-state index is 12.3. The Morgan fingerprint density at radius 2 is 0.615 bits per heavy atom. The zero-order valence-corrected chi connectivity index (χ0v) is 43.8. The molecular weight excluding hydrogens is 801 g/mol. The Morgan fingerprint density at radius 1 is 0.354 bits per heavy atom. The summed E-state index contributed by atoms with van der Waals surface area (Å²) in [5, 5.41) is 9.65. The summed E-state index contributed by atoms with van der Waals surface area (Å²) < 4.78 is 10.7. The number of hydrogen-bond acceptors (Lipinski definition) is 5. The minimum Gasteiger partial charge on any atom is -0.462 e. The monoisotopic (exact) mass is 913 g/mol. The van der Waals surface area contributed by atoms with Crippen LogP contribution < -0.4 is 0 Å². The van der Waals surface area contributed by atoms with Crippen molar-refractivity contribution >= 4 is 11.9 Å². The number of allylic oxidation sites excluding steroid dienone is 6. The molecule has 0 aliphatic heterocycles. The summed E-state index contributed by atoms with van der Waals surface area (Å²) in [4.78, 5) is 24.5. The first-order chi connectivity index (χ1) is 32.1. The maximum Gasteiger partial charge on any atom is 0.306 e. The predicted octanol–water partition coefficient (Wildman–Crippen LogP) is 19.5. The van der Waals surface area contributed by atoms with Gasteiger partial charge in [0.25, 0.3) is 0 Å². The Hall–Kier alpha value is -1.88. The molecule has 1 N–H and O–H groups in total. The van der Waals surface area contributed by atoms with Gasteiger partial charge in [-0.1, -0.05) is 269 Å². The Bertz CT molecular complexity index is 1030. The van der Waals surface area contributed by atoms with E-state index in [9.17, 15) is 14.7 Å². The molecule has 0 aromatic rings. The second-order valence-corrected chi connectivity index (χ2v) is 19.7. The van der Waals surface area contributed by atoms with E-state index in [1.165, 1.54) is 244 Å². The highest BCUT2D eigenvalue weighted by atomic mass is 16.6. The Labute approximate surface area is 406 Å². The molecular formula is C60H112O5. The molecule has 0 rings (SSSR count). The summed E-state index contributed by atoms with van der Waals surface area (Å²) in [6.07, 6.45) is 72.7. The quantitative estimate of drug-likeness (QED) is 0.0374. The molecule has 0 saturated heterocycles. The van der Waals surface area contributed by atoms with E-state index in [0.29, 0.717) is 12.8 Å². The summed E-state index contributed by atoms with van der Waals surface area (Å²) in [7, 11) is 0. The van der Waals surface area contributed by atoms with E-state index in [-0.39, 0.29) is 25.2 Å². The van der Waals surface area contributed by atoms with Gasteiger partial charge in [-0.25, -0.2) is 0 Å². The molecule has 1 atom stereocenters. The highest BCUT2D eigenvalue weighted by molar-refractivity contribution is 5.70. The van der Waals surface area contributed by atoms with Crippen molar-refractivity contribution in [2.24, 2.45) is 0 Å². The van der Waals surface area contributed by atoms with Gasteiger partial charge in [0.15, 0.2) is 6.10 Å². The van der Waals surface area contributed by atoms with Crippen LogP contribution >= 0.6 is 0 Å². The molecule has 0 spiro atoms. The molecule has 0 aliphatic carbocycles. The smallest absolute Gasteiger partial charge is 0.306 e. The van der Waals surface area contributed by atoms with Crippen molar-refractivity contribution in [3.05, 3.63) is 36.5 Å². The number of ether oxygens (including phenoxy) is 2. The van der Waals surface area contributed by atoms with E-state index in [1.807, 2.05) is 0 Å². The zero-order chi connectivity index (χ0) is 47.0. The van der Waals surface area contributed by atoms with Crippen LogP contribution in [0.3, 0.4) is 0 Å². The molecule has 0 aromatic heterocycles. The number of aliphatic hydroxyl groups excluding tert-OH is 1. The number of esters is 2. The van der Waals surface area contributed by atoms with Crippen molar-refractivity contribution in [3.8, 4) is 0 Å². The molecule has 0 saturated carbocycles. The summed E-state index contributed by atoms with van der Waals surface area (Å²) in [6.45, 7) is 4.16. The lowest BCUT2D eigenvalue weighted by molar-refractivity contribution is -0.161. The van der Waals surface area contributed by atoms with Crippen LogP contribution in [0.5, 0.6) is 0 Å². The first-order valence-electron chi connectivity index (χ1n) is 29.0. The largest absolute Gasteiger partial charge is 0.462 e. The van der Waals surface area contributed by atoms with Gasteiger partial charge in [-0.2, -0.15) is 0 Å². The van der Waals surface area contributed by atoms with Gasteiger partial charge in [0, 0.05) is 12.8 Å². The van der Waals surface area contributed by atoms with E-state index in [1.54, 1.807) is 0 Å². The maximum atomic E-state index is 12.3. The second-order valence-electron chi connectivity index (χ2n) is 19.7. The summed E-state index contributed by atoms with van der Waals surface area (Å²) >= 11 is 0. The fourth-order valence-electron chi connectivity index (χ4n) is 8.76. The van der Waals surface area contributed by atoms with Crippen LogP contribution in [0.25, 0.3) is 0 Å². The average molecular weight is 914 g/mol. The predicted molar refractivity (Wildman–Crippen MR) is 284 cm³/mol. The van der Waals surface area contributed by atoms with Crippen molar-refractivity contribution < 1.29 is 24.2 Å². The highest BCUT2D eigenvalue weighted by Crippen LogP contribution is 2.17. The molecule has 0 aliphatic rings. The standard InChI is InChI=1S/C60H112O5/c1-3-5-7-9-11-13-15-17-19-21-23-24-25-26-27-28-29-30-31-32-33-34-35-36-37-39-41-43-45-47-49-51-53-55-60(63)65-58(56-61)57-64-59(62)54-52-50-48-46-44-42-40-38-22-20-18-16-14-12-10-8-6-4-2/h15,17,20-23,58,61H,3-14,16,18-19,24-57H2,1-2H3/b17-15-,22-20-,23-21-. The first-order valence-corrected chi connectivity index (χ1v) is 29.0. The van der Waals surface area contributed by atoms with Crippen molar-refractivity contribution in [1.29, 1.82) is 0 Å². The van der Waals surface area contributed by atoms with Crippen molar-refractivity contribution in [3.63, 3.8) is 0 Å². The lowest BCUT2D eigenvalue weighted by Crippen LogP contribution is -2.28. The van der Waals surface area contributed by atoms with Gasteiger partial charge in [-0.15, -0.1) is 0 Å². The molecule has 0 heterocycles. The van der Waals surface area contributed by atoms with Gasteiger partial charge in [0.2, 0.25) is 0 Å². The van der Waals surface area contributed by atoms with Gasteiger partial charge in [-0.05, 0) is 70.6 Å². The molecule has 382 valence electrons. The lowest BCUT2D eigenvalue weighted by atomic mass is 10.0. The number of unbranched alkanes of at least 4 members (excludes halogenated alkanes) is 40. The minimum atomic E-state index is -0.771. The second kappa shape index (κ2) is 56.4. The average Bonchev–Trinajstić information content (AvgIpc) is 3.31. The number of hydrogen-bond donors (Lipinski definition) is 1. The number of rotatable bonds is 54. The summed E-state index contributed by atoms with van der Waals surface area (Å²) in [5.74, 6) is -0.579. The number of carbonyl (C=O) groups excluding carboxylic acids is 2. The van der Waals surface area contributed by atoms with E-state index in [4.69, 9.17) is 9.47 Å². The normalized spacial score (nSPS) is 12.4. The van der Waals surface area contributed by atoms with E-state index in [0.717, 1.165) is 44.9 Å². The van der Waals surface area contributed by atoms with Crippen LogP contribution in [0.15, 0.2) is 36.5 Å². The van der Waals surface area contributed by atoms with Crippen LogP contribution in [-0.2, 0) is 19.1 Å². The van der Waals surface area contributed by atoms with Gasteiger partial charge in [-0.3, -0.25) is 9.59 Å². The molecule has 65 heavy (non-hydrogen) atoms. The fourth-order valence-corrected chi connectivity index (χ4v) is 8.76. The molecule has 0 fully saturated rings. The third kappa shape index (κ3) is 54.6. The lowest BCUT2D eigenvalue weighted by Gasteiger charge is -2.15. The van der Waals surface area contributed by atoms with Gasteiger partial charge >= 0.3 is 11.9 Å². The van der Waals surface area contributed by atoms with Crippen molar-refractivity contribution in [2.75, 3.05) is 13.2 Å². The number of aliphatic hydroxyl groups is 1. The Morgan fingerprint density at radius 3 is 0.923 bits per heavy atom. The van der Waals surface area contributed by atoms with Crippen molar-refractivity contribution in [1.82, 2.24) is 0 Å². The topological polar surface area (TPSA) is 72.8 Å². The van der Waals surface area contributed by atoms with Crippen LogP contribution in [-0.4, -0.2) is 36.4 Å². The Balaban J connectivity index is 3.41. The minimum absolute atomic E-state index is 0.0635. The van der Waals surface area contributed by atoms with E-state index >= 15 is 0 Å². The van der Waals surface area contributed by atoms with Crippen LogP contribution in [0.1, 0.15) is 316 Å². The molecule has 0 aromatic carbocycles. The third-order valence-electron chi connectivity index (χ3n) is 13.2. The Kier molecular flexibility index (Phi) is 54.8. The molecule has 5 heteroatoms. The van der Waals surface area contributed by atoms with Crippen molar-refractivity contribution in [2.45, 2.75) is 322 Å². The molecule has 1 unspecified atom stereocenters. The first kappa shape index (κ1) is 63.1. The third-order valence-corrected chi connectivity index (χ3v) is 13.2. The molecule has 0 amide bonds. The fraction of sp³-hybridized carbons (Fsp3) is 0.867. The molecule has 5 nitrogen and oxygen atoms in total. The van der Waals surface area contributed by atoms with E-state index in [2.05, 4.69) is 50.3 Å². The van der Waals surface area contributed by atoms with Gasteiger partial charge in [0.1, 0.15) is 6.61 Å². The van der Waals surface area contributed by atoms with Gasteiger partial charge in [0.05, 0.1) is 6.61 Å². The van der Waals surface area contributed by atoms with E-state index < -0.39 is 6.10 Å². The van der Waals surface area contributed by atoms with Crippen LogP contribution in [0.4, 0.5) is 0 Å². The SMILES string of the molecule is CCCCCCC/C=C\C/C=C\CCCCCCCCCCCCCCCCCCCCCCCC(=O)OC(CO)COC(=O)CCCCCCCCC/C=C\CCCCCCCCC. The molecule has 0 bridgehead atoms. The number of carbonyl (C=O) groups is 2. The summed E-state index contributed by atoms with van der Waals surface area (Å²) in [6, 6.07) is 0. The highest BCUT2D eigenvalue weighted by Gasteiger charge is 2.16.